The molecule has 0 radical (unpaired) electrons. The Morgan fingerprint density at radius 2 is 1.66 bits per heavy atom. The maximum absolute atomic E-state index is 13.6. The number of hydrogen-bond acceptors (Lipinski definition) is 5. The number of ether oxygens (including phenoxy) is 1. The number of Topliss-reactive ketones (excluding diaryl/α,β-unsaturated/α-hetero) is 1. The zero-order chi connectivity index (χ0) is 32.5. The molecule has 2 unspecified atom stereocenters. The van der Waals surface area contributed by atoms with Gasteiger partial charge in [-0.3, -0.25) is 14.1 Å². The number of benzene rings is 1. The quantitative estimate of drug-likeness (QED) is 0.0886. The van der Waals surface area contributed by atoms with E-state index < -0.39 is 13.9 Å². The molecule has 1 aliphatic carbocycles. The molecule has 0 aromatic heterocycles. The first kappa shape index (κ1) is 40.5. The SMILES string of the molecule is CCCCC(C)(O)C/C=C/[C@H]1[C@H](O[Si](C)(c2ccc([N+](C)(C)C)cc2)C(C)(C)C)CC(=O)[C@@H]1CCCCCCC(=O)OC.[Cl-]. The van der Waals surface area contributed by atoms with E-state index in [2.05, 4.69) is 91.8 Å². The highest BCUT2D eigenvalue weighted by Crippen LogP contribution is 2.43. The van der Waals surface area contributed by atoms with E-state index in [1.54, 1.807) is 0 Å². The normalized spacial score (nSPS) is 22.0. The lowest BCUT2D eigenvalue weighted by atomic mass is 9.87. The molecule has 2 rings (SSSR count). The van der Waals surface area contributed by atoms with Crippen LogP contribution in [0.2, 0.25) is 11.6 Å². The third-order valence-electron chi connectivity index (χ3n) is 9.58. The number of unbranched alkanes of at least 4 members (excludes halogenated alkanes) is 4. The predicted octanol–water partition coefficient (Wildman–Crippen LogP) is 4.46. The van der Waals surface area contributed by atoms with Crippen molar-refractivity contribution in [3.05, 3.63) is 36.4 Å². The number of carbonyl (C=O) groups excluding carboxylic acids is 2. The second kappa shape index (κ2) is 17.4. The van der Waals surface area contributed by atoms with Gasteiger partial charge in [-0.15, -0.1) is 0 Å². The van der Waals surface area contributed by atoms with Gasteiger partial charge in [0.05, 0.1) is 40.0 Å². The number of esters is 1. The molecule has 8 heteroatoms. The maximum atomic E-state index is 13.6. The molecule has 0 bridgehead atoms. The number of hydrogen-bond donors (Lipinski definition) is 1. The van der Waals surface area contributed by atoms with Crippen LogP contribution in [0.4, 0.5) is 5.69 Å². The second-order valence-corrected chi connectivity index (χ2v) is 19.5. The summed E-state index contributed by atoms with van der Waals surface area (Å²) in [5, 5.41) is 12.1. The number of rotatable bonds is 17. The molecule has 1 saturated carbocycles. The van der Waals surface area contributed by atoms with E-state index in [-0.39, 0.29) is 47.1 Å². The Labute approximate surface area is 276 Å². The monoisotopic (exact) mass is 651 g/mol. The lowest BCUT2D eigenvalue weighted by molar-refractivity contribution is -0.140. The van der Waals surface area contributed by atoms with Crippen molar-refractivity contribution in [1.29, 1.82) is 0 Å². The van der Waals surface area contributed by atoms with Crippen molar-refractivity contribution < 1.29 is 36.3 Å². The Hall–Kier alpha value is -1.51. The fourth-order valence-electron chi connectivity index (χ4n) is 6.13. The van der Waals surface area contributed by atoms with Crippen molar-refractivity contribution in [2.75, 3.05) is 28.3 Å². The highest BCUT2D eigenvalue weighted by molar-refractivity contribution is 6.88. The lowest BCUT2D eigenvalue weighted by Gasteiger charge is -2.43. The van der Waals surface area contributed by atoms with E-state index in [1.165, 1.54) is 18.0 Å². The summed E-state index contributed by atoms with van der Waals surface area (Å²) in [5.74, 6) is 0.0345. The molecule has 1 fully saturated rings. The number of quaternary nitrogens is 1. The molecule has 1 aromatic rings. The van der Waals surface area contributed by atoms with E-state index in [0.717, 1.165) is 55.8 Å². The Balaban J connectivity index is 0.00000968. The topological polar surface area (TPSA) is 72.8 Å². The minimum Gasteiger partial charge on any atom is -1.00 e. The Bertz CT molecular complexity index is 1060. The zero-order valence-corrected chi connectivity index (χ0v) is 31.1. The Morgan fingerprint density at radius 3 is 2.20 bits per heavy atom. The first-order chi connectivity index (χ1) is 19.9. The predicted molar refractivity (Wildman–Crippen MR) is 182 cm³/mol. The molecule has 0 spiro atoms. The number of halogens is 1. The van der Waals surface area contributed by atoms with Crippen LogP contribution in [0.3, 0.4) is 0 Å². The molecule has 0 amide bonds. The van der Waals surface area contributed by atoms with E-state index in [9.17, 15) is 14.7 Å². The minimum atomic E-state index is -2.52. The minimum absolute atomic E-state index is 0. The summed E-state index contributed by atoms with van der Waals surface area (Å²) in [6, 6.07) is 8.92. The molecular weight excluding hydrogens is 590 g/mol. The van der Waals surface area contributed by atoms with Crippen LogP contribution in [-0.2, 0) is 18.8 Å². The van der Waals surface area contributed by atoms with Gasteiger partial charge in [0.1, 0.15) is 11.5 Å². The smallest absolute Gasteiger partial charge is 0.305 e. The molecule has 1 aromatic carbocycles. The lowest BCUT2D eigenvalue weighted by Crippen LogP contribution is -3.00. The number of nitrogens with zero attached hydrogens (tertiary/aromatic N) is 1. The number of aliphatic hydroxyl groups is 1. The summed E-state index contributed by atoms with van der Waals surface area (Å²) in [6.07, 6.45) is 12.9. The van der Waals surface area contributed by atoms with Crippen molar-refractivity contribution in [2.45, 2.75) is 129 Å². The molecule has 6 nitrogen and oxygen atoms in total. The molecule has 44 heavy (non-hydrogen) atoms. The average molecular weight is 652 g/mol. The van der Waals surface area contributed by atoms with E-state index >= 15 is 0 Å². The van der Waals surface area contributed by atoms with Crippen molar-refractivity contribution in [1.82, 2.24) is 4.48 Å². The first-order valence-corrected chi connectivity index (χ1v) is 18.9. The maximum Gasteiger partial charge on any atom is 0.305 e. The van der Waals surface area contributed by atoms with Crippen LogP contribution in [0.15, 0.2) is 36.4 Å². The molecule has 1 N–H and O–H groups in total. The third-order valence-corrected chi connectivity index (χ3v) is 14.7. The van der Waals surface area contributed by atoms with Crippen LogP contribution in [0, 0.1) is 11.8 Å². The Morgan fingerprint density at radius 1 is 1.05 bits per heavy atom. The van der Waals surface area contributed by atoms with Gasteiger partial charge in [0.2, 0.25) is 8.32 Å². The summed E-state index contributed by atoms with van der Waals surface area (Å²) in [6.45, 7) is 13.2. The van der Waals surface area contributed by atoms with E-state index in [1.807, 2.05) is 6.92 Å². The molecular formula is C36H62ClNO5Si. The highest BCUT2D eigenvalue weighted by Gasteiger charge is 2.50. The van der Waals surface area contributed by atoms with Gasteiger partial charge in [0.15, 0.2) is 0 Å². The van der Waals surface area contributed by atoms with Gasteiger partial charge >= 0.3 is 5.97 Å². The number of methoxy groups -OCH3 is 1. The summed E-state index contributed by atoms with van der Waals surface area (Å²) < 4.78 is 12.8. The van der Waals surface area contributed by atoms with Crippen molar-refractivity contribution in [2.24, 2.45) is 11.8 Å². The van der Waals surface area contributed by atoms with Crippen LogP contribution in [0.5, 0.6) is 0 Å². The van der Waals surface area contributed by atoms with Crippen molar-refractivity contribution >= 4 is 30.9 Å². The first-order valence-electron chi connectivity index (χ1n) is 16.5. The molecule has 0 heterocycles. The van der Waals surface area contributed by atoms with Gasteiger partial charge < -0.3 is 26.7 Å². The van der Waals surface area contributed by atoms with Crippen LogP contribution in [0.25, 0.3) is 0 Å². The molecule has 0 aliphatic heterocycles. The zero-order valence-electron chi connectivity index (χ0n) is 29.4. The fraction of sp³-hybridized carbons (Fsp3) is 0.722. The van der Waals surface area contributed by atoms with Gasteiger partial charge in [-0.1, -0.05) is 84.1 Å². The largest absolute Gasteiger partial charge is 1.00 e. The van der Waals surface area contributed by atoms with Gasteiger partial charge in [-0.05, 0) is 61.5 Å². The fourth-order valence-corrected chi connectivity index (χ4v) is 9.13. The summed E-state index contributed by atoms with van der Waals surface area (Å²) in [5.41, 5.74) is 0.496. The summed E-state index contributed by atoms with van der Waals surface area (Å²) in [4.78, 5) is 25.0. The van der Waals surface area contributed by atoms with E-state index in [0.29, 0.717) is 19.3 Å². The standard InChI is InChI=1S/C36H62NO5Si.ClH/c1-11-12-25-36(5,40)26-17-19-31-30(18-15-13-14-16-20-34(39)41-9)32(38)27-33(31)42-43(10,35(2,3)4)29-23-21-28(22-24-29)37(6,7)8;/h17,19,21-24,30-31,33,40H,11-16,18,20,25-27H2,1-10H3;1H/q+1;/p-1/b19-17+;/t30-,31-,33-,36?,43?;/m1./s1. The number of carbonyl (C=O) groups is 2. The summed E-state index contributed by atoms with van der Waals surface area (Å²) >= 11 is 0. The molecule has 5 atom stereocenters. The third kappa shape index (κ3) is 11.7. The molecule has 0 saturated heterocycles. The molecule has 252 valence electrons. The second-order valence-electron chi connectivity index (χ2n) is 15.1. The van der Waals surface area contributed by atoms with Crippen LogP contribution in [0.1, 0.15) is 105 Å². The number of ketones is 1. The highest BCUT2D eigenvalue weighted by atomic mass is 35.5. The van der Waals surface area contributed by atoms with Crippen LogP contribution in [-0.4, -0.2) is 65.1 Å². The van der Waals surface area contributed by atoms with Crippen molar-refractivity contribution in [3.63, 3.8) is 0 Å². The summed E-state index contributed by atoms with van der Waals surface area (Å²) in [7, 11) is 5.43. The van der Waals surface area contributed by atoms with Gasteiger partial charge in [-0.2, -0.15) is 0 Å². The van der Waals surface area contributed by atoms with Gasteiger partial charge in [0.25, 0.3) is 0 Å². The van der Waals surface area contributed by atoms with Crippen LogP contribution < -0.4 is 22.1 Å². The average Bonchev–Trinajstić information content (AvgIpc) is 3.21. The van der Waals surface area contributed by atoms with Gasteiger partial charge in [-0.25, -0.2) is 0 Å². The Kier molecular flexibility index (Phi) is 16.0. The van der Waals surface area contributed by atoms with E-state index in [4.69, 9.17) is 9.16 Å². The van der Waals surface area contributed by atoms with Crippen LogP contribution >= 0.6 is 0 Å². The van der Waals surface area contributed by atoms with Crippen molar-refractivity contribution in [3.8, 4) is 0 Å². The van der Waals surface area contributed by atoms with Gasteiger partial charge in [0, 0.05) is 24.7 Å². The molecule has 1 aliphatic rings.